The number of ether oxygens (including phenoxy) is 2. The number of benzene rings is 1. The number of fused-ring (bicyclic) bond motifs is 3. The first-order chi connectivity index (χ1) is 15.1. The maximum atomic E-state index is 5.45. The van der Waals surface area contributed by atoms with Crippen LogP contribution in [0.3, 0.4) is 0 Å². The number of aryl methyl sites for hydroxylation is 3. The molecule has 0 aliphatic heterocycles. The molecule has 0 bridgehead atoms. The summed E-state index contributed by atoms with van der Waals surface area (Å²) >= 11 is 1.64. The molecule has 8 heteroatoms. The van der Waals surface area contributed by atoms with E-state index in [1.54, 1.807) is 36.4 Å². The van der Waals surface area contributed by atoms with Crippen molar-refractivity contribution in [2.75, 3.05) is 14.2 Å². The Bertz CT molecular complexity index is 1380. The van der Waals surface area contributed by atoms with Gasteiger partial charge in [-0.25, -0.2) is 14.5 Å². The highest BCUT2D eigenvalue weighted by Crippen LogP contribution is 2.31. The van der Waals surface area contributed by atoms with Crippen molar-refractivity contribution >= 4 is 28.0 Å². The molecule has 5 aromatic rings. The molecule has 4 aromatic heterocycles. The maximum absolute atomic E-state index is 5.45. The zero-order chi connectivity index (χ0) is 21.5. The smallest absolute Gasteiger partial charge is 0.192 e. The predicted octanol–water partition coefficient (Wildman–Crippen LogP) is 4.68. The number of methoxy groups -OCH3 is 2. The zero-order valence-electron chi connectivity index (χ0n) is 17.9. The Morgan fingerprint density at radius 3 is 2.61 bits per heavy atom. The molecule has 31 heavy (non-hydrogen) atoms. The molecule has 0 aliphatic rings. The fourth-order valence-corrected chi connectivity index (χ4v) is 4.64. The molecule has 0 N–H and O–H groups in total. The number of nitrogens with zero attached hydrogens (tertiary/aromatic N) is 5. The first-order valence-electron chi connectivity index (χ1n) is 10.1. The number of thiophene rings is 1. The van der Waals surface area contributed by atoms with E-state index in [-0.39, 0.29) is 0 Å². The maximum Gasteiger partial charge on any atom is 0.192 e. The van der Waals surface area contributed by atoms with Crippen LogP contribution in [0.15, 0.2) is 42.0 Å². The molecule has 0 saturated heterocycles. The van der Waals surface area contributed by atoms with E-state index in [2.05, 4.69) is 29.6 Å². The second-order valence-electron chi connectivity index (χ2n) is 7.43. The van der Waals surface area contributed by atoms with Gasteiger partial charge in [-0.2, -0.15) is 0 Å². The zero-order valence-corrected chi connectivity index (χ0v) is 18.7. The lowest BCUT2D eigenvalue weighted by molar-refractivity contribution is 0.354. The van der Waals surface area contributed by atoms with Gasteiger partial charge in [0.2, 0.25) is 0 Å². The van der Waals surface area contributed by atoms with Crippen LogP contribution >= 0.6 is 11.3 Å². The molecule has 0 aliphatic carbocycles. The monoisotopic (exact) mass is 433 g/mol. The molecular weight excluding hydrogens is 410 g/mol. The van der Waals surface area contributed by atoms with Crippen molar-refractivity contribution in [3.63, 3.8) is 0 Å². The predicted molar refractivity (Wildman–Crippen MR) is 122 cm³/mol. The summed E-state index contributed by atoms with van der Waals surface area (Å²) in [7, 11) is 3.31. The van der Waals surface area contributed by atoms with Gasteiger partial charge in [-0.1, -0.05) is 12.1 Å². The lowest BCUT2D eigenvalue weighted by atomic mass is 10.1. The minimum atomic E-state index is 0.736. The van der Waals surface area contributed by atoms with Gasteiger partial charge in [0.1, 0.15) is 12.0 Å². The molecule has 5 rings (SSSR count). The fraction of sp³-hybridized carbons (Fsp3) is 0.261. The Kier molecular flexibility index (Phi) is 4.86. The Balaban J connectivity index is 1.53. The fourth-order valence-electron chi connectivity index (χ4n) is 3.99. The van der Waals surface area contributed by atoms with Crippen LogP contribution in [0.2, 0.25) is 0 Å². The lowest BCUT2D eigenvalue weighted by Gasteiger charge is -2.11. The van der Waals surface area contributed by atoms with Gasteiger partial charge < -0.3 is 14.0 Å². The van der Waals surface area contributed by atoms with Crippen LogP contribution in [-0.2, 0) is 13.0 Å². The summed E-state index contributed by atoms with van der Waals surface area (Å²) in [6, 6.07) is 10.1. The van der Waals surface area contributed by atoms with Crippen LogP contribution in [0.1, 0.15) is 16.8 Å². The largest absolute Gasteiger partial charge is 0.493 e. The third kappa shape index (κ3) is 3.23. The van der Waals surface area contributed by atoms with Crippen LogP contribution in [0.25, 0.3) is 27.4 Å². The molecule has 0 atom stereocenters. The standard InChI is InChI=1S/C23H23N5O2S/c1-14-15(2)27(10-9-16-7-8-17(29-3)18(12-16)30-4)22-20(14)23-25-21(19-6-5-11-31-19)26-28(23)13-24-22/h5-8,11-13H,9-10H2,1-4H3. The Hall–Kier alpha value is -3.39. The van der Waals surface area contributed by atoms with Crippen molar-refractivity contribution in [2.24, 2.45) is 0 Å². The van der Waals surface area contributed by atoms with Crippen molar-refractivity contribution in [2.45, 2.75) is 26.8 Å². The van der Waals surface area contributed by atoms with Gasteiger partial charge in [0.25, 0.3) is 0 Å². The Morgan fingerprint density at radius 2 is 1.87 bits per heavy atom. The molecule has 0 spiro atoms. The number of hydrogen-bond acceptors (Lipinski definition) is 6. The van der Waals surface area contributed by atoms with E-state index >= 15 is 0 Å². The highest BCUT2D eigenvalue weighted by atomic mass is 32.1. The van der Waals surface area contributed by atoms with Gasteiger partial charge in [0.15, 0.2) is 23.0 Å². The van der Waals surface area contributed by atoms with Crippen molar-refractivity contribution in [3.8, 4) is 22.2 Å². The summed E-state index contributed by atoms with van der Waals surface area (Å²) in [5, 5.41) is 7.73. The molecule has 0 amide bonds. The molecule has 0 saturated carbocycles. The summed E-state index contributed by atoms with van der Waals surface area (Å²) in [5.74, 6) is 2.22. The molecule has 0 radical (unpaired) electrons. The normalized spacial score (nSPS) is 11.5. The van der Waals surface area contributed by atoms with Crippen LogP contribution in [0.5, 0.6) is 11.5 Å². The van der Waals surface area contributed by atoms with Crippen molar-refractivity contribution in [1.82, 2.24) is 24.1 Å². The first-order valence-corrected chi connectivity index (χ1v) is 10.9. The SMILES string of the molecule is COc1ccc(CCn2c(C)c(C)c3c2ncn2nc(-c4cccs4)nc32)cc1OC. The summed E-state index contributed by atoms with van der Waals surface area (Å²) in [4.78, 5) is 10.6. The molecule has 0 fully saturated rings. The minimum absolute atomic E-state index is 0.736. The third-order valence-corrected chi connectivity index (χ3v) is 6.63. The van der Waals surface area contributed by atoms with Gasteiger partial charge >= 0.3 is 0 Å². The topological polar surface area (TPSA) is 66.5 Å². The van der Waals surface area contributed by atoms with E-state index in [0.29, 0.717) is 0 Å². The van der Waals surface area contributed by atoms with Crippen LogP contribution in [-0.4, -0.2) is 38.4 Å². The summed E-state index contributed by atoms with van der Waals surface area (Å²) < 4.78 is 14.8. The lowest BCUT2D eigenvalue weighted by Crippen LogP contribution is -2.05. The number of hydrogen-bond donors (Lipinski definition) is 0. The third-order valence-electron chi connectivity index (χ3n) is 5.76. The molecule has 0 unspecified atom stereocenters. The number of rotatable bonds is 6. The van der Waals surface area contributed by atoms with Crippen LogP contribution in [0, 0.1) is 13.8 Å². The molecular formula is C23H23N5O2S. The van der Waals surface area contributed by atoms with Crippen LogP contribution in [0.4, 0.5) is 0 Å². The molecule has 1 aromatic carbocycles. The van der Waals surface area contributed by atoms with E-state index in [0.717, 1.165) is 51.8 Å². The Labute approximate surface area is 183 Å². The quantitative estimate of drug-likeness (QED) is 0.389. The van der Waals surface area contributed by atoms with Gasteiger partial charge in [-0.15, -0.1) is 16.4 Å². The van der Waals surface area contributed by atoms with E-state index in [9.17, 15) is 0 Å². The molecule has 4 heterocycles. The van der Waals surface area contributed by atoms with E-state index < -0.39 is 0 Å². The molecule has 158 valence electrons. The number of aromatic nitrogens is 5. The van der Waals surface area contributed by atoms with Crippen molar-refractivity contribution in [3.05, 3.63) is 58.9 Å². The van der Waals surface area contributed by atoms with Gasteiger partial charge in [0, 0.05) is 12.2 Å². The van der Waals surface area contributed by atoms with Crippen molar-refractivity contribution < 1.29 is 9.47 Å². The van der Waals surface area contributed by atoms with Crippen LogP contribution < -0.4 is 9.47 Å². The summed E-state index contributed by atoms with van der Waals surface area (Å²) in [6.07, 6.45) is 2.61. The van der Waals surface area contributed by atoms with Gasteiger partial charge in [-0.3, -0.25) is 0 Å². The van der Waals surface area contributed by atoms with E-state index in [1.165, 1.54) is 16.8 Å². The summed E-state index contributed by atoms with van der Waals surface area (Å²) in [6.45, 7) is 5.07. The minimum Gasteiger partial charge on any atom is -0.493 e. The van der Waals surface area contributed by atoms with E-state index in [1.807, 2.05) is 29.6 Å². The summed E-state index contributed by atoms with van der Waals surface area (Å²) in [5.41, 5.74) is 5.34. The molecule has 7 nitrogen and oxygen atoms in total. The second-order valence-corrected chi connectivity index (χ2v) is 8.37. The average Bonchev–Trinajstić information content (AvgIpc) is 3.51. The van der Waals surface area contributed by atoms with E-state index in [4.69, 9.17) is 19.4 Å². The average molecular weight is 434 g/mol. The first kappa shape index (κ1) is 19.6. The highest BCUT2D eigenvalue weighted by Gasteiger charge is 2.18. The second kappa shape index (κ2) is 7.70. The Morgan fingerprint density at radius 1 is 1.03 bits per heavy atom. The van der Waals surface area contributed by atoms with Gasteiger partial charge in [-0.05, 0) is 55.0 Å². The van der Waals surface area contributed by atoms with Gasteiger partial charge in [0.05, 0.1) is 24.5 Å². The highest BCUT2D eigenvalue weighted by molar-refractivity contribution is 7.13. The van der Waals surface area contributed by atoms with Crippen molar-refractivity contribution in [1.29, 1.82) is 0 Å².